The summed E-state index contributed by atoms with van der Waals surface area (Å²) in [5, 5.41) is 0. The first-order valence-electron chi connectivity index (χ1n) is 7.10. The highest BCUT2D eigenvalue weighted by atomic mass is 16.1. The van der Waals surface area contributed by atoms with Crippen molar-refractivity contribution in [2.24, 2.45) is 0 Å². The van der Waals surface area contributed by atoms with Gasteiger partial charge in [0.1, 0.15) is 5.78 Å². The smallest absolute Gasteiger partial charge is 0.137 e. The molecule has 1 aromatic carbocycles. The third-order valence-corrected chi connectivity index (χ3v) is 4.24. The van der Waals surface area contributed by atoms with Gasteiger partial charge in [-0.2, -0.15) is 0 Å². The third-order valence-electron chi connectivity index (χ3n) is 4.24. The fraction of sp³-hybridized carbons (Fsp3) is 0.471. The molecule has 0 saturated heterocycles. The summed E-state index contributed by atoms with van der Waals surface area (Å²) in [7, 11) is 0. The summed E-state index contributed by atoms with van der Waals surface area (Å²) in [5.74, 6) is 0.931. The maximum atomic E-state index is 12.1. The number of hydrogen-bond acceptors (Lipinski definition) is 1. The minimum absolute atomic E-state index is 0.433. The molecule has 0 radical (unpaired) electrons. The van der Waals surface area contributed by atoms with E-state index in [0.29, 0.717) is 18.1 Å². The minimum Gasteiger partial charge on any atom is -0.299 e. The van der Waals surface area contributed by atoms with Crippen molar-refractivity contribution in [2.75, 3.05) is 0 Å². The molecule has 0 fully saturated rings. The van der Waals surface area contributed by atoms with Gasteiger partial charge in [0.2, 0.25) is 0 Å². The molecule has 18 heavy (non-hydrogen) atoms. The predicted molar refractivity (Wildman–Crippen MR) is 73.7 cm³/mol. The lowest BCUT2D eigenvalue weighted by Crippen LogP contribution is -2.20. The maximum Gasteiger partial charge on any atom is 0.137 e. The number of Topliss-reactive ketones (excluding diaryl/α,β-unsaturated/α-hetero) is 1. The van der Waals surface area contributed by atoms with E-state index in [1.54, 1.807) is 0 Å². The number of allylic oxidation sites excluding steroid dienone is 2. The van der Waals surface area contributed by atoms with Gasteiger partial charge in [-0.1, -0.05) is 35.9 Å². The highest BCUT2D eigenvalue weighted by Gasteiger charge is 2.27. The first kappa shape index (κ1) is 11.7. The average Bonchev–Trinajstić information content (AvgIpc) is 2.37. The Morgan fingerprint density at radius 3 is 2.89 bits per heavy atom. The summed E-state index contributed by atoms with van der Waals surface area (Å²) in [6, 6.07) is 8.53. The van der Waals surface area contributed by atoms with Crippen molar-refractivity contribution in [3.05, 3.63) is 47.0 Å². The Morgan fingerprint density at radius 2 is 2.11 bits per heavy atom. The van der Waals surface area contributed by atoms with Crippen molar-refractivity contribution in [3.63, 3.8) is 0 Å². The van der Waals surface area contributed by atoms with E-state index in [9.17, 15) is 4.79 Å². The Balaban J connectivity index is 1.55. The van der Waals surface area contributed by atoms with E-state index in [2.05, 4.69) is 30.3 Å². The van der Waals surface area contributed by atoms with Crippen molar-refractivity contribution < 1.29 is 4.79 Å². The van der Waals surface area contributed by atoms with Gasteiger partial charge in [-0.3, -0.25) is 4.79 Å². The SMILES string of the molecule is O=C(CC1=CCCCC1)CC1Cc2ccccc21. The van der Waals surface area contributed by atoms with E-state index in [0.717, 1.165) is 19.3 Å². The number of carbonyl (C=O) groups excluding carboxylic acids is 1. The quantitative estimate of drug-likeness (QED) is 0.722. The van der Waals surface area contributed by atoms with Crippen molar-refractivity contribution in [1.82, 2.24) is 0 Å². The van der Waals surface area contributed by atoms with Gasteiger partial charge >= 0.3 is 0 Å². The number of benzene rings is 1. The third kappa shape index (κ3) is 2.40. The van der Waals surface area contributed by atoms with Crippen molar-refractivity contribution in [3.8, 4) is 0 Å². The van der Waals surface area contributed by atoms with E-state index >= 15 is 0 Å². The lowest BCUT2D eigenvalue weighted by molar-refractivity contribution is -0.118. The highest BCUT2D eigenvalue weighted by molar-refractivity contribution is 5.82. The molecule has 94 valence electrons. The molecule has 0 aliphatic heterocycles. The van der Waals surface area contributed by atoms with Gasteiger partial charge in [0.05, 0.1) is 0 Å². The van der Waals surface area contributed by atoms with Gasteiger partial charge < -0.3 is 0 Å². The topological polar surface area (TPSA) is 17.1 Å². The van der Waals surface area contributed by atoms with Crippen LogP contribution in [0.1, 0.15) is 55.6 Å². The summed E-state index contributed by atoms with van der Waals surface area (Å²) < 4.78 is 0. The van der Waals surface area contributed by atoms with E-state index in [1.165, 1.54) is 36.0 Å². The van der Waals surface area contributed by atoms with Crippen LogP contribution in [0.15, 0.2) is 35.9 Å². The molecule has 0 heterocycles. The monoisotopic (exact) mass is 240 g/mol. The molecule has 1 atom stereocenters. The molecule has 1 nitrogen and oxygen atoms in total. The molecular weight excluding hydrogens is 220 g/mol. The van der Waals surface area contributed by atoms with Crippen LogP contribution in [-0.2, 0) is 11.2 Å². The number of hydrogen-bond donors (Lipinski definition) is 0. The summed E-state index contributed by atoms with van der Waals surface area (Å²) in [6.07, 6.45) is 9.73. The van der Waals surface area contributed by atoms with E-state index in [4.69, 9.17) is 0 Å². The van der Waals surface area contributed by atoms with Crippen LogP contribution in [0.2, 0.25) is 0 Å². The van der Waals surface area contributed by atoms with Crippen LogP contribution in [0.3, 0.4) is 0 Å². The predicted octanol–water partition coefficient (Wildman–Crippen LogP) is 4.18. The maximum absolute atomic E-state index is 12.1. The van der Waals surface area contributed by atoms with Gasteiger partial charge in [0.15, 0.2) is 0 Å². The molecule has 0 amide bonds. The first-order chi connectivity index (χ1) is 8.83. The molecule has 0 aromatic heterocycles. The number of carbonyl (C=O) groups is 1. The van der Waals surface area contributed by atoms with E-state index in [-0.39, 0.29) is 0 Å². The molecule has 0 bridgehead atoms. The Morgan fingerprint density at radius 1 is 1.22 bits per heavy atom. The van der Waals surface area contributed by atoms with E-state index in [1.807, 2.05) is 0 Å². The van der Waals surface area contributed by atoms with Gasteiger partial charge in [-0.25, -0.2) is 0 Å². The number of fused-ring (bicyclic) bond motifs is 1. The van der Waals surface area contributed by atoms with Crippen molar-refractivity contribution in [2.45, 2.75) is 50.9 Å². The van der Waals surface area contributed by atoms with Crippen LogP contribution in [0.4, 0.5) is 0 Å². The molecule has 1 aromatic rings. The molecule has 2 aliphatic rings. The second kappa shape index (κ2) is 5.09. The molecule has 1 heteroatoms. The molecule has 1 unspecified atom stereocenters. The standard InChI is InChI=1S/C17H20O/c18-16(10-13-6-2-1-3-7-13)12-15-11-14-8-4-5-9-17(14)15/h4-6,8-9,15H,1-3,7,10-12H2. The van der Waals surface area contributed by atoms with Gasteiger partial charge in [0, 0.05) is 12.8 Å². The van der Waals surface area contributed by atoms with Crippen LogP contribution in [0, 0.1) is 0 Å². The molecule has 3 rings (SSSR count). The minimum atomic E-state index is 0.433. The zero-order valence-corrected chi connectivity index (χ0v) is 10.8. The molecule has 0 saturated carbocycles. The lowest BCUT2D eigenvalue weighted by atomic mass is 9.74. The van der Waals surface area contributed by atoms with Gasteiger partial charge in [-0.15, -0.1) is 0 Å². The van der Waals surface area contributed by atoms with Crippen LogP contribution in [-0.4, -0.2) is 5.78 Å². The number of ketones is 1. The number of rotatable bonds is 4. The Hall–Kier alpha value is -1.37. The molecule has 0 spiro atoms. The van der Waals surface area contributed by atoms with E-state index < -0.39 is 0 Å². The fourth-order valence-corrected chi connectivity index (χ4v) is 3.21. The second-order valence-electron chi connectivity index (χ2n) is 5.63. The van der Waals surface area contributed by atoms with Crippen molar-refractivity contribution >= 4 is 5.78 Å². The fourth-order valence-electron chi connectivity index (χ4n) is 3.21. The normalized spacial score (nSPS) is 21.8. The lowest BCUT2D eigenvalue weighted by Gasteiger charge is -2.29. The van der Waals surface area contributed by atoms with Crippen LogP contribution in [0.5, 0.6) is 0 Å². The zero-order chi connectivity index (χ0) is 12.4. The largest absolute Gasteiger partial charge is 0.299 e. The van der Waals surface area contributed by atoms with Crippen molar-refractivity contribution in [1.29, 1.82) is 0 Å². The molecular formula is C17H20O. The van der Waals surface area contributed by atoms with Crippen LogP contribution < -0.4 is 0 Å². The zero-order valence-electron chi connectivity index (χ0n) is 10.8. The molecule has 0 N–H and O–H groups in total. The van der Waals surface area contributed by atoms with Crippen LogP contribution in [0.25, 0.3) is 0 Å². The highest BCUT2D eigenvalue weighted by Crippen LogP contribution is 2.37. The average molecular weight is 240 g/mol. The second-order valence-corrected chi connectivity index (χ2v) is 5.63. The van der Waals surface area contributed by atoms with Gasteiger partial charge in [0.25, 0.3) is 0 Å². The summed E-state index contributed by atoms with van der Waals surface area (Å²) >= 11 is 0. The van der Waals surface area contributed by atoms with Crippen LogP contribution >= 0.6 is 0 Å². The summed E-state index contributed by atoms with van der Waals surface area (Å²) in [4.78, 5) is 12.1. The summed E-state index contributed by atoms with van der Waals surface area (Å²) in [6.45, 7) is 0. The Bertz CT molecular complexity index is 484. The first-order valence-corrected chi connectivity index (χ1v) is 7.10. The van der Waals surface area contributed by atoms with Gasteiger partial charge in [-0.05, 0) is 49.1 Å². The molecule has 2 aliphatic carbocycles. The Labute approximate surface area is 109 Å². The summed E-state index contributed by atoms with van der Waals surface area (Å²) in [5.41, 5.74) is 4.23. The Kier molecular flexibility index (Phi) is 3.31.